The van der Waals surface area contributed by atoms with Gasteiger partial charge in [0.15, 0.2) is 0 Å². The van der Waals surface area contributed by atoms with Crippen LogP contribution in [-0.4, -0.2) is 25.1 Å². The maximum Gasteiger partial charge on any atom is 0.119 e. The van der Waals surface area contributed by atoms with Crippen molar-refractivity contribution in [2.45, 2.75) is 19.3 Å². The van der Waals surface area contributed by atoms with Crippen molar-refractivity contribution in [1.29, 1.82) is 0 Å². The Labute approximate surface area is 96.9 Å². The van der Waals surface area contributed by atoms with Gasteiger partial charge >= 0.3 is 0 Å². The minimum absolute atomic E-state index is 0.932. The number of benzene rings is 1. The summed E-state index contributed by atoms with van der Waals surface area (Å²) in [6, 6.07) is 8.22. The highest BCUT2D eigenvalue weighted by atomic mass is 35.5. The molecule has 0 saturated carbocycles. The van der Waals surface area contributed by atoms with E-state index in [0.29, 0.717) is 0 Å². The molecule has 1 rings (SSSR count). The number of unbranched alkanes of at least 4 members (excludes halogenated alkanes) is 1. The summed E-state index contributed by atoms with van der Waals surface area (Å²) in [4.78, 5) is 0. The average molecular weight is 228 g/mol. The van der Waals surface area contributed by atoms with E-state index in [0.717, 1.165) is 31.6 Å². The van der Waals surface area contributed by atoms with Gasteiger partial charge in [0.1, 0.15) is 5.75 Å². The number of aryl methyl sites for hydroxylation is 1. The number of nitrogens with zero attached hydrogens (tertiary/aromatic N) is 1. The summed E-state index contributed by atoms with van der Waals surface area (Å²) in [5.74, 6) is 0.932. The lowest BCUT2D eigenvalue weighted by atomic mass is 10.1. The Morgan fingerprint density at radius 2 is 2.13 bits per heavy atom. The molecule has 0 saturated heterocycles. The minimum atomic E-state index is 0.932. The summed E-state index contributed by atoms with van der Waals surface area (Å²) in [5.41, 5.74) is 1.33. The maximum atomic E-state index is 5.72. The molecule has 0 amide bonds. The summed E-state index contributed by atoms with van der Waals surface area (Å²) >= 11 is 5.72. The fourth-order valence-corrected chi connectivity index (χ4v) is 1.61. The normalized spacial score (nSPS) is 10.7. The van der Waals surface area contributed by atoms with Gasteiger partial charge in [-0.15, -0.1) is 0 Å². The first-order valence-electron chi connectivity index (χ1n) is 5.22. The molecule has 84 valence electrons. The van der Waals surface area contributed by atoms with Crippen LogP contribution < -0.4 is 4.74 Å². The van der Waals surface area contributed by atoms with Gasteiger partial charge in [-0.2, -0.15) is 0 Å². The number of rotatable bonds is 6. The molecule has 0 aliphatic carbocycles. The summed E-state index contributed by atoms with van der Waals surface area (Å²) in [6.45, 7) is 0.936. The van der Waals surface area contributed by atoms with Crippen LogP contribution in [0, 0.1) is 0 Å². The molecule has 15 heavy (non-hydrogen) atoms. The number of ether oxygens (including phenoxy) is 1. The van der Waals surface area contributed by atoms with Crippen molar-refractivity contribution < 1.29 is 4.74 Å². The Morgan fingerprint density at radius 1 is 1.33 bits per heavy atom. The molecule has 0 atom stereocenters. The van der Waals surface area contributed by atoms with Gasteiger partial charge in [0.05, 0.1) is 7.11 Å². The van der Waals surface area contributed by atoms with Gasteiger partial charge in [0, 0.05) is 13.6 Å². The zero-order valence-corrected chi connectivity index (χ0v) is 10.1. The quantitative estimate of drug-likeness (QED) is 0.547. The SMILES string of the molecule is COc1cccc(CCCCN(C)Cl)c1. The van der Waals surface area contributed by atoms with E-state index in [-0.39, 0.29) is 0 Å². The zero-order chi connectivity index (χ0) is 11.1. The number of hydrogen-bond acceptors (Lipinski definition) is 2. The predicted molar refractivity (Wildman–Crippen MR) is 64.4 cm³/mol. The molecular weight excluding hydrogens is 210 g/mol. The number of hydrogen-bond donors (Lipinski definition) is 0. The Morgan fingerprint density at radius 3 is 2.80 bits per heavy atom. The summed E-state index contributed by atoms with van der Waals surface area (Å²) in [5, 5.41) is 0. The van der Waals surface area contributed by atoms with E-state index in [1.54, 1.807) is 11.5 Å². The molecule has 0 radical (unpaired) electrons. The predicted octanol–water partition coefficient (Wildman–Crippen LogP) is 3.10. The summed E-state index contributed by atoms with van der Waals surface area (Å²) in [7, 11) is 3.58. The van der Waals surface area contributed by atoms with Gasteiger partial charge in [-0.3, -0.25) is 0 Å². The van der Waals surface area contributed by atoms with E-state index in [1.807, 2.05) is 19.2 Å². The first-order valence-corrected chi connectivity index (χ1v) is 5.56. The van der Waals surface area contributed by atoms with Crippen LogP contribution in [0.4, 0.5) is 0 Å². The Hall–Kier alpha value is -0.730. The molecular formula is C12H18ClNO. The lowest BCUT2D eigenvalue weighted by molar-refractivity contribution is 0.414. The standard InChI is InChI=1S/C12H18ClNO/c1-14(13)9-4-3-6-11-7-5-8-12(10-11)15-2/h5,7-8,10H,3-4,6,9H2,1-2H3. The fourth-order valence-electron chi connectivity index (χ4n) is 1.49. The third-order valence-electron chi connectivity index (χ3n) is 2.32. The van der Waals surface area contributed by atoms with Gasteiger partial charge in [-0.25, -0.2) is 4.42 Å². The van der Waals surface area contributed by atoms with Crippen molar-refractivity contribution in [1.82, 2.24) is 4.42 Å². The van der Waals surface area contributed by atoms with E-state index in [1.165, 1.54) is 5.56 Å². The zero-order valence-electron chi connectivity index (χ0n) is 9.37. The highest BCUT2D eigenvalue weighted by Crippen LogP contribution is 2.14. The molecule has 0 heterocycles. The summed E-state index contributed by atoms with van der Waals surface area (Å²) in [6.07, 6.45) is 3.36. The van der Waals surface area contributed by atoms with Crippen molar-refractivity contribution in [2.24, 2.45) is 0 Å². The number of halogens is 1. The molecule has 0 spiro atoms. The van der Waals surface area contributed by atoms with Crippen molar-refractivity contribution in [3.63, 3.8) is 0 Å². The van der Waals surface area contributed by atoms with E-state index in [4.69, 9.17) is 16.5 Å². The molecule has 0 aliphatic rings. The molecule has 2 nitrogen and oxygen atoms in total. The molecule has 0 bridgehead atoms. The second-order valence-corrected chi connectivity index (χ2v) is 4.21. The minimum Gasteiger partial charge on any atom is -0.497 e. The van der Waals surface area contributed by atoms with Crippen LogP contribution in [-0.2, 0) is 6.42 Å². The Balaban J connectivity index is 2.30. The lowest BCUT2D eigenvalue weighted by Gasteiger charge is -2.07. The lowest BCUT2D eigenvalue weighted by Crippen LogP contribution is -2.06. The Bertz CT molecular complexity index is 289. The van der Waals surface area contributed by atoms with Gasteiger partial charge < -0.3 is 4.74 Å². The van der Waals surface area contributed by atoms with Crippen LogP contribution in [0.3, 0.4) is 0 Å². The molecule has 0 unspecified atom stereocenters. The van der Waals surface area contributed by atoms with Gasteiger partial charge in [0.2, 0.25) is 0 Å². The Kier molecular flexibility index (Phi) is 5.51. The van der Waals surface area contributed by atoms with Crippen molar-refractivity contribution in [3.05, 3.63) is 29.8 Å². The first kappa shape index (κ1) is 12.3. The highest BCUT2D eigenvalue weighted by molar-refractivity contribution is 6.13. The average Bonchev–Trinajstić information content (AvgIpc) is 2.24. The highest BCUT2D eigenvalue weighted by Gasteiger charge is 1.97. The molecule has 1 aromatic rings. The van der Waals surface area contributed by atoms with Crippen LogP contribution in [0.5, 0.6) is 5.75 Å². The van der Waals surface area contributed by atoms with Gasteiger partial charge in [0.25, 0.3) is 0 Å². The maximum absolute atomic E-state index is 5.72. The third-order valence-corrected chi connectivity index (χ3v) is 2.48. The van der Waals surface area contributed by atoms with E-state index in [2.05, 4.69) is 12.1 Å². The second kappa shape index (κ2) is 6.70. The first-order chi connectivity index (χ1) is 7.22. The van der Waals surface area contributed by atoms with Crippen LogP contribution >= 0.6 is 11.8 Å². The van der Waals surface area contributed by atoms with Crippen molar-refractivity contribution >= 4 is 11.8 Å². The fraction of sp³-hybridized carbons (Fsp3) is 0.500. The van der Waals surface area contributed by atoms with Gasteiger partial charge in [-0.05, 0) is 48.7 Å². The topological polar surface area (TPSA) is 12.5 Å². The molecule has 0 aromatic heterocycles. The van der Waals surface area contributed by atoms with Crippen molar-refractivity contribution in [3.8, 4) is 5.75 Å². The van der Waals surface area contributed by atoms with Crippen LogP contribution in [0.25, 0.3) is 0 Å². The van der Waals surface area contributed by atoms with E-state index >= 15 is 0 Å². The third kappa shape index (κ3) is 5.05. The number of methoxy groups -OCH3 is 1. The largest absolute Gasteiger partial charge is 0.497 e. The molecule has 3 heteroatoms. The van der Waals surface area contributed by atoms with Gasteiger partial charge in [-0.1, -0.05) is 12.1 Å². The molecule has 0 aliphatic heterocycles. The molecule has 1 aromatic carbocycles. The summed E-state index contributed by atoms with van der Waals surface area (Å²) < 4.78 is 6.87. The van der Waals surface area contributed by atoms with Crippen LogP contribution in [0.1, 0.15) is 18.4 Å². The molecule has 0 N–H and O–H groups in total. The van der Waals surface area contributed by atoms with Crippen molar-refractivity contribution in [2.75, 3.05) is 20.7 Å². The van der Waals surface area contributed by atoms with E-state index < -0.39 is 0 Å². The molecule has 0 fully saturated rings. The smallest absolute Gasteiger partial charge is 0.119 e. The second-order valence-electron chi connectivity index (χ2n) is 3.64. The van der Waals surface area contributed by atoms with Crippen LogP contribution in [0.2, 0.25) is 0 Å². The monoisotopic (exact) mass is 227 g/mol. The van der Waals surface area contributed by atoms with E-state index in [9.17, 15) is 0 Å². The van der Waals surface area contributed by atoms with Crippen LogP contribution in [0.15, 0.2) is 24.3 Å².